The molecule has 21 heterocycles. The van der Waals surface area contributed by atoms with Crippen molar-refractivity contribution in [3.05, 3.63) is 63.7 Å². The maximum absolute atomic E-state index is 13.0. The zero-order chi connectivity index (χ0) is 69.4. The Balaban J connectivity index is 0.00000191. The molecule has 21 saturated heterocycles. The minimum atomic E-state index is -3.80. The zero-order valence-corrected chi connectivity index (χ0v) is 53.5. The second kappa shape index (κ2) is 37.3. The molecule has 10 radical (unpaired) electrons. The van der Waals surface area contributed by atoms with Gasteiger partial charge in [0.05, 0.1) is 64.4 Å². The molecule has 23 fully saturated rings. The van der Waals surface area contributed by atoms with Crippen molar-refractivity contribution in [3.63, 3.8) is 0 Å². The van der Waals surface area contributed by atoms with E-state index in [2.05, 4.69) is 5.32 Å². The molecule has 21 aliphatic heterocycles. The summed E-state index contributed by atoms with van der Waals surface area (Å²) in [6.07, 6.45) is -54.1. The molecule has 0 aromatic rings. The molecule has 97 heavy (non-hydrogen) atoms. The van der Waals surface area contributed by atoms with E-state index in [0.717, 1.165) is 5.92 Å². The van der Waals surface area contributed by atoms with Crippen LogP contribution in [0.5, 0.6) is 0 Å². The molecule has 40 heteroatoms. The van der Waals surface area contributed by atoms with Crippen molar-refractivity contribution >= 4 is 9.84 Å². The van der Waals surface area contributed by atoms with Crippen LogP contribution in [0.25, 0.3) is 0 Å². The monoisotopic (exact) mass is 1470 g/mol. The Labute approximate surface area is 567 Å². The minimum Gasteiger partial charge on any atom is -0.394 e. The van der Waals surface area contributed by atoms with E-state index in [9.17, 15) is 111 Å². The fraction of sp³-hybridized carbons (Fsp3) is 0.825. The summed E-state index contributed by atoms with van der Waals surface area (Å²) in [5.41, 5.74) is 0. The molecule has 0 amide bonds. The Hall–Kier alpha value is -0.971. The SMILES string of the molecule is O=S(=O)(CCNC[C@H]1O[C@@H]2O[C@H]3[C@H](O)[C@@H](O)[C@@H](O[C@H]4[C@H](O)[C@@H](O)[C@@H](O[C@H]5[C@H](O)[C@@H](O)[C@@H](O[C@H]6[C@H](O)[C@@H](O)[C@@H](O[C@H]7[C@H](O)[C@@H](O)[C@@H](O[C@H]8[C@H](O)[C@@H](O)[C@@H](O[C@H]1[C@H](O)[C@H]2O)O[C@@H]8CO)O[C@@H]7CO)O[C@@H]6CO)O[C@@H]5CO)O[C@@H]4CO)O[C@@H]3CO)CCOC[C]1[CH][CH][CH][CH]1.[CH]1[CH][CH][CH][CH]1.[Fe+2]. The number of ether oxygens (including phenoxy) is 15. The first-order chi connectivity index (χ1) is 45.9. The van der Waals surface area contributed by atoms with Gasteiger partial charge in [-0.2, -0.15) is 0 Å². The summed E-state index contributed by atoms with van der Waals surface area (Å²) < 4.78 is 113. The molecule has 21 N–H and O–H groups in total. The standard InChI is InChI=1S/C52H84NO37S.C5H5.Fe/c54-10-19-40-27(62)34(69)48(79-19)87-42-21(12-56)81-50(36(71)29(42)64)89-44-23(14-58)83-52(38(73)31(44)66)90-45-24(15-59)82-51(37(72)30(45)65)88-43-22(13-57)80-49(35(70)28(43)63)86-41-20(11-55)78-47(33(68)26(41)61)84-39-18(77-46(85-40)32(67)25(39)60)9-53-5-7-91(74,75)8-6-76-16-17-3-1-2-4-17;1-2-4-5-3-1;/h1-4,18-73H,5-16H2;1-5H;/q;;+2/t18-,19-,20-,21-,22-,23-,24-,25-,26-,27-,28-,29-,30-,31-,32-,33-,34-,35-,36-,37-,38-,39-,40-,41-,42-,43-,44-,45-,46-,47-,48-,49-,50-,51-,52-;;/m1../s1. The van der Waals surface area contributed by atoms with Gasteiger partial charge in [-0.25, -0.2) is 8.42 Å². The van der Waals surface area contributed by atoms with Gasteiger partial charge in [0.1, 0.15) is 171 Å². The Morgan fingerprint density at radius 3 is 0.784 bits per heavy atom. The maximum atomic E-state index is 13.0. The van der Waals surface area contributed by atoms with Crippen LogP contribution in [-0.2, 0) is 98.0 Å². The predicted octanol–water partition coefficient (Wildman–Crippen LogP) is -13.8. The first-order valence-corrected chi connectivity index (χ1v) is 32.9. The fourth-order valence-electron chi connectivity index (χ4n) is 12.2. The number of sulfone groups is 1. The van der Waals surface area contributed by atoms with E-state index >= 15 is 0 Å². The molecule has 0 spiro atoms. The third kappa shape index (κ3) is 19.2. The number of nitrogens with one attached hydrogen (secondary N) is 1. The van der Waals surface area contributed by atoms with E-state index < -0.39 is 277 Å². The normalized spacial score (nSPS) is 48.1. The number of rotatable bonds is 16. The summed E-state index contributed by atoms with van der Waals surface area (Å²) in [6, 6.07) is 0. The van der Waals surface area contributed by atoms with Gasteiger partial charge in [-0.05, 0) is 57.8 Å². The molecule has 14 bridgehead atoms. The smallest absolute Gasteiger partial charge is 0.394 e. The van der Waals surface area contributed by atoms with Crippen LogP contribution in [0.1, 0.15) is 0 Å². The average molecular weight is 1470 g/mol. The van der Waals surface area contributed by atoms with Crippen LogP contribution >= 0.6 is 0 Å². The molecule has 23 rings (SSSR count). The van der Waals surface area contributed by atoms with Gasteiger partial charge in [0.2, 0.25) is 0 Å². The second-order valence-corrected chi connectivity index (χ2v) is 26.4. The predicted molar refractivity (Wildman–Crippen MR) is 306 cm³/mol. The number of hydrogen-bond acceptors (Lipinski definition) is 38. The van der Waals surface area contributed by atoms with Crippen LogP contribution in [0, 0.1) is 63.7 Å². The van der Waals surface area contributed by atoms with Crippen LogP contribution in [0.3, 0.4) is 0 Å². The van der Waals surface area contributed by atoms with E-state index in [1.807, 2.05) is 32.1 Å². The molecule has 23 aliphatic rings. The number of aliphatic hydroxyl groups is 20. The van der Waals surface area contributed by atoms with Gasteiger partial charge in [0.15, 0.2) is 53.9 Å². The number of hydrogen-bond donors (Lipinski definition) is 21. The van der Waals surface area contributed by atoms with Crippen molar-refractivity contribution in [3.8, 4) is 0 Å². The quantitative estimate of drug-likeness (QED) is 0.0504. The van der Waals surface area contributed by atoms with E-state index in [0.29, 0.717) is 0 Å². The summed E-state index contributed by atoms with van der Waals surface area (Å²) >= 11 is 0. The minimum absolute atomic E-state index is 0. The summed E-state index contributed by atoms with van der Waals surface area (Å²) in [5, 5.41) is 227. The van der Waals surface area contributed by atoms with Gasteiger partial charge in [-0.15, -0.1) is 0 Å². The van der Waals surface area contributed by atoms with E-state index in [-0.39, 0.29) is 42.6 Å². The molecule has 0 aromatic heterocycles. The molecule has 2 aliphatic carbocycles. The topological polar surface area (TPSA) is 589 Å². The van der Waals surface area contributed by atoms with Crippen molar-refractivity contribution in [2.24, 2.45) is 0 Å². The van der Waals surface area contributed by atoms with Gasteiger partial charge < -0.3 is 179 Å². The molecule has 2 saturated carbocycles. The summed E-state index contributed by atoms with van der Waals surface area (Å²) in [7, 11) is -3.80. The molecular formula is C57H89FeNO37S+2. The largest absolute Gasteiger partial charge is 2.00 e. The second-order valence-electron chi connectivity index (χ2n) is 24.1. The van der Waals surface area contributed by atoms with Crippen molar-refractivity contribution < 1.29 is 199 Å². The van der Waals surface area contributed by atoms with E-state index in [1.165, 1.54) is 0 Å². The first kappa shape index (κ1) is 81.7. The molecule has 556 valence electrons. The van der Waals surface area contributed by atoms with E-state index in [4.69, 9.17) is 71.1 Å². The van der Waals surface area contributed by atoms with E-state index in [1.54, 1.807) is 25.7 Å². The van der Waals surface area contributed by atoms with Gasteiger partial charge >= 0.3 is 17.1 Å². The first-order valence-electron chi connectivity index (χ1n) is 31.1. The van der Waals surface area contributed by atoms with Crippen molar-refractivity contribution in [1.82, 2.24) is 5.32 Å². The molecular weight excluding hydrogens is 1380 g/mol. The van der Waals surface area contributed by atoms with Crippen LogP contribution in [0.2, 0.25) is 0 Å². The molecule has 0 aromatic carbocycles. The summed E-state index contributed by atoms with van der Waals surface area (Å²) in [4.78, 5) is 0. The summed E-state index contributed by atoms with van der Waals surface area (Å²) in [6.45, 7) is -7.22. The Morgan fingerprint density at radius 1 is 0.320 bits per heavy atom. The third-order valence-electron chi connectivity index (χ3n) is 17.6. The van der Waals surface area contributed by atoms with Crippen molar-refractivity contribution in [2.75, 3.05) is 77.5 Å². The Morgan fingerprint density at radius 2 is 0.546 bits per heavy atom. The van der Waals surface area contributed by atoms with Crippen molar-refractivity contribution in [2.45, 2.75) is 215 Å². The maximum Gasteiger partial charge on any atom is 2.00 e. The van der Waals surface area contributed by atoms with Gasteiger partial charge in [0, 0.05) is 19.0 Å². The zero-order valence-electron chi connectivity index (χ0n) is 51.5. The van der Waals surface area contributed by atoms with Crippen molar-refractivity contribution in [1.29, 1.82) is 0 Å². The third-order valence-corrected chi connectivity index (χ3v) is 19.2. The van der Waals surface area contributed by atoms with Crippen LogP contribution < -0.4 is 5.32 Å². The summed E-state index contributed by atoms with van der Waals surface area (Å²) in [5.74, 6) is -0.0520. The van der Waals surface area contributed by atoms with Crippen LogP contribution in [-0.4, -0.2) is 403 Å². The molecule has 0 unspecified atom stereocenters. The molecule has 35 atom stereocenters. The average Bonchev–Trinajstić information content (AvgIpc) is 1.57. The van der Waals surface area contributed by atoms with Gasteiger partial charge in [-0.1, -0.05) is 0 Å². The van der Waals surface area contributed by atoms with Gasteiger partial charge in [-0.3, -0.25) is 0 Å². The van der Waals surface area contributed by atoms with Crippen LogP contribution in [0.4, 0.5) is 0 Å². The number of aliphatic hydroxyl groups excluding tert-OH is 20. The Bertz CT molecular complexity index is 2400. The van der Waals surface area contributed by atoms with Crippen LogP contribution in [0.15, 0.2) is 0 Å². The fourth-order valence-corrected chi connectivity index (χ4v) is 13.2. The molecule has 38 nitrogen and oxygen atoms in total. The Kier molecular flexibility index (Phi) is 31.4. The van der Waals surface area contributed by atoms with Gasteiger partial charge in [0.25, 0.3) is 0 Å².